The summed E-state index contributed by atoms with van der Waals surface area (Å²) in [4.78, 5) is 16.2. The number of hydrogen-bond donors (Lipinski definition) is 2. The van der Waals surface area contributed by atoms with Gasteiger partial charge in [0.25, 0.3) is 0 Å². The monoisotopic (exact) mass is 253 g/mol. The van der Waals surface area contributed by atoms with Crippen LogP contribution < -0.4 is 10.6 Å². The van der Waals surface area contributed by atoms with Gasteiger partial charge in [-0.1, -0.05) is 18.5 Å². The summed E-state index contributed by atoms with van der Waals surface area (Å²) in [5.41, 5.74) is 1.47. The molecular formula is C12H16ClN3O. The number of pyridine rings is 1. The SMILES string of the molecule is Cc1nc(Cl)ccc1NC(=O)[C@@H]1CNC[C@H]1C. The summed E-state index contributed by atoms with van der Waals surface area (Å²) in [6, 6.07) is 3.47. The lowest BCUT2D eigenvalue weighted by Crippen LogP contribution is -2.28. The maximum Gasteiger partial charge on any atom is 0.229 e. The molecule has 17 heavy (non-hydrogen) atoms. The Morgan fingerprint density at radius 2 is 2.29 bits per heavy atom. The van der Waals surface area contributed by atoms with Gasteiger partial charge in [-0.05, 0) is 31.5 Å². The summed E-state index contributed by atoms with van der Waals surface area (Å²) in [6.07, 6.45) is 0. The number of hydrogen-bond acceptors (Lipinski definition) is 3. The Balaban J connectivity index is 2.07. The smallest absolute Gasteiger partial charge is 0.229 e. The molecule has 2 rings (SSSR count). The van der Waals surface area contributed by atoms with E-state index in [0.717, 1.165) is 24.5 Å². The first-order chi connectivity index (χ1) is 8.08. The van der Waals surface area contributed by atoms with Crippen LogP contribution in [-0.4, -0.2) is 24.0 Å². The van der Waals surface area contributed by atoms with Crippen LogP contribution in [0.15, 0.2) is 12.1 Å². The van der Waals surface area contributed by atoms with E-state index in [9.17, 15) is 4.79 Å². The minimum atomic E-state index is 0.0325. The van der Waals surface area contributed by atoms with Crippen molar-refractivity contribution in [3.63, 3.8) is 0 Å². The molecule has 1 aromatic heterocycles. The van der Waals surface area contributed by atoms with E-state index in [1.807, 2.05) is 6.92 Å². The molecule has 0 aromatic carbocycles. The molecular weight excluding hydrogens is 238 g/mol. The number of anilines is 1. The third-order valence-corrected chi connectivity index (χ3v) is 3.37. The van der Waals surface area contributed by atoms with Crippen molar-refractivity contribution in [1.82, 2.24) is 10.3 Å². The Morgan fingerprint density at radius 1 is 1.53 bits per heavy atom. The number of aryl methyl sites for hydroxylation is 1. The fraction of sp³-hybridized carbons (Fsp3) is 0.500. The summed E-state index contributed by atoms with van der Waals surface area (Å²) < 4.78 is 0. The van der Waals surface area contributed by atoms with Crippen LogP contribution in [0.3, 0.4) is 0 Å². The molecule has 2 heterocycles. The number of carbonyl (C=O) groups is 1. The first-order valence-electron chi connectivity index (χ1n) is 5.72. The summed E-state index contributed by atoms with van der Waals surface area (Å²) in [7, 11) is 0. The van der Waals surface area contributed by atoms with E-state index >= 15 is 0 Å². The zero-order valence-electron chi connectivity index (χ0n) is 9.96. The lowest BCUT2D eigenvalue weighted by Gasteiger charge is -2.15. The van der Waals surface area contributed by atoms with Gasteiger partial charge >= 0.3 is 0 Å². The molecule has 1 aromatic rings. The van der Waals surface area contributed by atoms with Gasteiger partial charge in [-0.25, -0.2) is 4.98 Å². The predicted octanol–water partition coefficient (Wildman–Crippen LogP) is 1.84. The third-order valence-electron chi connectivity index (χ3n) is 3.16. The highest BCUT2D eigenvalue weighted by atomic mass is 35.5. The molecule has 0 radical (unpaired) electrons. The fourth-order valence-electron chi connectivity index (χ4n) is 2.05. The van der Waals surface area contributed by atoms with Crippen molar-refractivity contribution >= 4 is 23.2 Å². The first kappa shape index (κ1) is 12.3. The van der Waals surface area contributed by atoms with Crippen LogP contribution in [0.5, 0.6) is 0 Å². The van der Waals surface area contributed by atoms with E-state index in [1.165, 1.54) is 0 Å². The largest absolute Gasteiger partial charge is 0.324 e. The van der Waals surface area contributed by atoms with Crippen LogP contribution >= 0.6 is 11.6 Å². The Bertz CT molecular complexity index is 436. The molecule has 92 valence electrons. The average molecular weight is 254 g/mol. The number of rotatable bonds is 2. The fourth-order valence-corrected chi connectivity index (χ4v) is 2.24. The van der Waals surface area contributed by atoms with Crippen molar-refractivity contribution in [1.29, 1.82) is 0 Å². The summed E-state index contributed by atoms with van der Waals surface area (Å²) in [5, 5.41) is 6.57. The van der Waals surface area contributed by atoms with Gasteiger partial charge in [0.15, 0.2) is 0 Å². The number of aromatic nitrogens is 1. The Morgan fingerprint density at radius 3 is 2.88 bits per heavy atom. The van der Waals surface area contributed by atoms with Crippen LogP contribution in [0.25, 0.3) is 0 Å². The number of carbonyl (C=O) groups excluding carboxylic acids is 1. The van der Waals surface area contributed by atoms with Crippen LogP contribution in [0, 0.1) is 18.8 Å². The third kappa shape index (κ3) is 2.76. The van der Waals surface area contributed by atoms with E-state index in [-0.39, 0.29) is 11.8 Å². The molecule has 0 unspecified atom stereocenters. The van der Waals surface area contributed by atoms with Gasteiger partial charge in [-0.2, -0.15) is 0 Å². The highest BCUT2D eigenvalue weighted by Gasteiger charge is 2.29. The minimum Gasteiger partial charge on any atom is -0.324 e. The zero-order valence-corrected chi connectivity index (χ0v) is 10.7. The molecule has 1 fully saturated rings. The van der Waals surface area contributed by atoms with Gasteiger partial charge < -0.3 is 10.6 Å². The Hall–Kier alpha value is -1.13. The molecule has 2 atom stereocenters. The Kier molecular flexibility index (Phi) is 3.64. The van der Waals surface area contributed by atoms with E-state index in [1.54, 1.807) is 12.1 Å². The van der Waals surface area contributed by atoms with Crippen molar-refractivity contribution in [2.75, 3.05) is 18.4 Å². The number of nitrogens with zero attached hydrogens (tertiary/aromatic N) is 1. The van der Waals surface area contributed by atoms with Crippen molar-refractivity contribution in [2.45, 2.75) is 13.8 Å². The highest BCUT2D eigenvalue weighted by Crippen LogP contribution is 2.20. The molecule has 0 aliphatic carbocycles. The van der Waals surface area contributed by atoms with E-state index in [4.69, 9.17) is 11.6 Å². The van der Waals surface area contributed by atoms with Crippen LogP contribution in [0.1, 0.15) is 12.6 Å². The van der Waals surface area contributed by atoms with Gasteiger partial charge in [-0.3, -0.25) is 4.79 Å². The first-order valence-corrected chi connectivity index (χ1v) is 6.10. The van der Waals surface area contributed by atoms with Gasteiger partial charge in [0.1, 0.15) is 5.15 Å². The minimum absolute atomic E-state index is 0.0325. The topological polar surface area (TPSA) is 54.0 Å². The number of halogens is 1. The lowest BCUT2D eigenvalue weighted by molar-refractivity contribution is -0.120. The molecule has 1 saturated heterocycles. The van der Waals surface area contributed by atoms with Gasteiger partial charge in [0, 0.05) is 6.54 Å². The molecule has 2 N–H and O–H groups in total. The molecule has 0 saturated carbocycles. The second kappa shape index (κ2) is 5.02. The second-order valence-electron chi connectivity index (χ2n) is 4.50. The van der Waals surface area contributed by atoms with E-state index in [2.05, 4.69) is 22.5 Å². The lowest BCUT2D eigenvalue weighted by atomic mass is 9.97. The second-order valence-corrected chi connectivity index (χ2v) is 4.89. The molecule has 0 spiro atoms. The number of amides is 1. The summed E-state index contributed by atoms with van der Waals surface area (Å²) >= 11 is 5.77. The molecule has 5 heteroatoms. The van der Waals surface area contributed by atoms with Gasteiger partial charge in [0.2, 0.25) is 5.91 Å². The van der Waals surface area contributed by atoms with Gasteiger partial charge in [-0.15, -0.1) is 0 Å². The van der Waals surface area contributed by atoms with Crippen LogP contribution in [-0.2, 0) is 4.79 Å². The van der Waals surface area contributed by atoms with Crippen molar-refractivity contribution in [3.8, 4) is 0 Å². The summed E-state index contributed by atoms with van der Waals surface area (Å²) in [5.74, 6) is 0.454. The molecule has 1 aliphatic heterocycles. The molecule has 1 aliphatic rings. The predicted molar refractivity (Wildman–Crippen MR) is 68.1 cm³/mol. The van der Waals surface area contributed by atoms with Crippen LogP contribution in [0.4, 0.5) is 5.69 Å². The Labute approximate surface area is 106 Å². The molecule has 0 bridgehead atoms. The summed E-state index contributed by atoms with van der Waals surface area (Å²) in [6.45, 7) is 5.55. The maximum atomic E-state index is 12.1. The van der Waals surface area contributed by atoms with Crippen LogP contribution in [0.2, 0.25) is 5.15 Å². The maximum absolute atomic E-state index is 12.1. The van der Waals surface area contributed by atoms with Crippen molar-refractivity contribution < 1.29 is 4.79 Å². The van der Waals surface area contributed by atoms with E-state index < -0.39 is 0 Å². The molecule has 1 amide bonds. The molecule has 4 nitrogen and oxygen atoms in total. The van der Waals surface area contributed by atoms with Crippen molar-refractivity contribution in [3.05, 3.63) is 23.0 Å². The van der Waals surface area contributed by atoms with Gasteiger partial charge in [0.05, 0.1) is 17.3 Å². The quantitative estimate of drug-likeness (QED) is 0.791. The van der Waals surface area contributed by atoms with Crippen molar-refractivity contribution in [2.24, 2.45) is 11.8 Å². The average Bonchev–Trinajstić information content (AvgIpc) is 2.68. The standard InChI is InChI=1S/C12H16ClN3O/c1-7-5-14-6-9(7)12(17)16-10-3-4-11(13)15-8(10)2/h3-4,7,9,14H,5-6H2,1-2H3,(H,16,17)/t7-,9-/m1/s1. The number of nitrogens with one attached hydrogen (secondary N) is 2. The highest BCUT2D eigenvalue weighted by molar-refractivity contribution is 6.29. The van der Waals surface area contributed by atoms with E-state index in [0.29, 0.717) is 11.1 Å². The zero-order chi connectivity index (χ0) is 12.4. The normalized spacial score (nSPS) is 23.7.